The van der Waals surface area contributed by atoms with Crippen molar-refractivity contribution in [3.05, 3.63) is 28.5 Å². The van der Waals surface area contributed by atoms with E-state index < -0.39 is 0 Å². The highest BCUT2D eigenvalue weighted by Gasteiger charge is 2.10. The maximum absolute atomic E-state index is 11.5. The molecule has 0 atom stereocenters. The van der Waals surface area contributed by atoms with Crippen molar-refractivity contribution in [2.45, 2.75) is 13.8 Å². The molecule has 84 valence electrons. The average molecular weight is 275 g/mol. The van der Waals surface area contributed by atoms with Crippen LogP contribution in [0.15, 0.2) is 22.9 Å². The van der Waals surface area contributed by atoms with Crippen molar-refractivity contribution in [2.24, 2.45) is 0 Å². The smallest absolute Gasteiger partial charge is 0.274 e. The summed E-state index contributed by atoms with van der Waals surface area (Å²) in [4.78, 5) is 20.1. The van der Waals surface area contributed by atoms with Gasteiger partial charge in [-0.25, -0.2) is 10.0 Å². The molecular weight excluding hydrogens is 260 g/mol. The number of halogens is 1. The van der Waals surface area contributed by atoms with Gasteiger partial charge in [0.15, 0.2) is 0 Å². The zero-order valence-corrected chi connectivity index (χ0v) is 10.9. The second-order valence-electron chi connectivity index (χ2n) is 2.35. The van der Waals surface area contributed by atoms with Crippen molar-refractivity contribution in [1.82, 2.24) is 10.0 Å². The molecule has 1 amide bonds. The number of aromatic nitrogens is 1. The Morgan fingerprint density at radius 1 is 1.53 bits per heavy atom. The highest BCUT2D eigenvalue weighted by molar-refractivity contribution is 9.10. The minimum absolute atomic E-state index is 0.203. The van der Waals surface area contributed by atoms with Gasteiger partial charge in [0.25, 0.3) is 5.91 Å². The maximum Gasteiger partial charge on any atom is 0.277 e. The maximum atomic E-state index is 11.5. The lowest BCUT2D eigenvalue weighted by Gasteiger charge is -2.13. The molecular formula is C10H15BrN2O2. The molecule has 0 N–H and O–H groups in total. The minimum atomic E-state index is -0.203. The summed E-state index contributed by atoms with van der Waals surface area (Å²) >= 11 is 3.18. The standard InChI is InChI=1S/C8H9BrN2O2.C2H6/c1-11(13-2)8(12)6-3-4-10-7(9)5-6;1-2/h3-5H,1-2H3;1-2H3. The van der Waals surface area contributed by atoms with Crippen LogP contribution in [0, 0.1) is 0 Å². The van der Waals surface area contributed by atoms with Gasteiger partial charge in [0.05, 0.1) is 7.11 Å². The van der Waals surface area contributed by atoms with Crippen LogP contribution in [0.1, 0.15) is 24.2 Å². The fourth-order valence-corrected chi connectivity index (χ4v) is 1.17. The highest BCUT2D eigenvalue weighted by Crippen LogP contribution is 2.09. The van der Waals surface area contributed by atoms with Gasteiger partial charge in [-0.3, -0.25) is 9.63 Å². The molecule has 0 radical (unpaired) electrons. The van der Waals surface area contributed by atoms with E-state index in [2.05, 4.69) is 20.9 Å². The summed E-state index contributed by atoms with van der Waals surface area (Å²) in [6.07, 6.45) is 1.56. The Labute approximate surface area is 98.3 Å². The molecule has 1 aromatic rings. The summed E-state index contributed by atoms with van der Waals surface area (Å²) in [5, 5.41) is 1.15. The van der Waals surface area contributed by atoms with Crippen molar-refractivity contribution in [1.29, 1.82) is 0 Å². The van der Waals surface area contributed by atoms with Crippen LogP contribution in [0.5, 0.6) is 0 Å². The van der Waals surface area contributed by atoms with Gasteiger partial charge in [-0.15, -0.1) is 0 Å². The topological polar surface area (TPSA) is 42.4 Å². The van der Waals surface area contributed by atoms with Crippen LogP contribution in [0.3, 0.4) is 0 Å². The molecule has 0 aromatic carbocycles. The van der Waals surface area contributed by atoms with E-state index >= 15 is 0 Å². The highest BCUT2D eigenvalue weighted by atomic mass is 79.9. The molecule has 1 aromatic heterocycles. The first kappa shape index (κ1) is 14.1. The number of hydrogen-bond acceptors (Lipinski definition) is 3. The number of carbonyl (C=O) groups excluding carboxylic acids is 1. The Bertz CT molecular complexity index is 318. The third-order valence-electron chi connectivity index (χ3n) is 1.53. The molecule has 0 spiro atoms. The zero-order valence-electron chi connectivity index (χ0n) is 9.32. The van der Waals surface area contributed by atoms with Crippen LogP contribution in [0.4, 0.5) is 0 Å². The Morgan fingerprint density at radius 3 is 2.60 bits per heavy atom. The van der Waals surface area contributed by atoms with Gasteiger partial charge in [-0.05, 0) is 28.1 Å². The predicted molar refractivity (Wildman–Crippen MR) is 62.4 cm³/mol. The van der Waals surface area contributed by atoms with Crippen molar-refractivity contribution in [3.8, 4) is 0 Å². The normalized spacial score (nSPS) is 8.87. The van der Waals surface area contributed by atoms with Crippen LogP contribution in [0.2, 0.25) is 0 Å². The minimum Gasteiger partial charge on any atom is -0.274 e. The van der Waals surface area contributed by atoms with E-state index in [1.807, 2.05) is 13.8 Å². The molecule has 1 rings (SSSR count). The van der Waals surface area contributed by atoms with Gasteiger partial charge in [-0.2, -0.15) is 0 Å². The third kappa shape index (κ3) is 4.40. The van der Waals surface area contributed by atoms with E-state index in [4.69, 9.17) is 4.84 Å². The Kier molecular flexibility index (Phi) is 6.90. The molecule has 0 aliphatic heterocycles. The summed E-state index contributed by atoms with van der Waals surface area (Å²) < 4.78 is 0.628. The molecule has 0 aliphatic carbocycles. The molecule has 1 heterocycles. The monoisotopic (exact) mass is 274 g/mol. The van der Waals surface area contributed by atoms with Gasteiger partial charge < -0.3 is 0 Å². The molecule has 0 unspecified atom stereocenters. The number of amides is 1. The second kappa shape index (κ2) is 7.36. The third-order valence-corrected chi connectivity index (χ3v) is 1.97. The van der Waals surface area contributed by atoms with E-state index in [0.29, 0.717) is 10.2 Å². The van der Waals surface area contributed by atoms with Crippen molar-refractivity contribution < 1.29 is 9.63 Å². The largest absolute Gasteiger partial charge is 0.277 e. The number of hydroxylamine groups is 2. The Morgan fingerprint density at radius 2 is 2.13 bits per heavy atom. The van der Waals surface area contributed by atoms with Gasteiger partial charge >= 0.3 is 0 Å². The summed E-state index contributed by atoms with van der Waals surface area (Å²) in [5.41, 5.74) is 0.534. The van der Waals surface area contributed by atoms with Gasteiger partial charge in [-0.1, -0.05) is 13.8 Å². The number of nitrogens with zero attached hydrogens (tertiary/aromatic N) is 2. The average Bonchev–Trinajstić information content (AvgIpc) is 2.29. The van der Waals surface area contributed by atoms with Crippen LogP contribution < -0.4 is 0 Å². The second-order valence-corrected chi connectivity index (χ2v) is 3.16. The predicted octanol–water partition coefficient (Wildman–Crippen LogP) is 2.50. The fourth-order valence-electron chi connectivity index (χ4n) is 0.800. The molecule has 0 saturated carbocycles. The first-order valence-electron chi connectivity index (χ1n) is 4.59. The fraction of sp³-hybridized carbons (Fsp3) is 0.400. The first-order valence-corrected chi connectivity index (χ1v) is 5.38. The van der Waals surface area contributed by atoms with E-state index in [0.717, 1.165) is 5.06 Å². The van der Waals surface area contributed by atoms with Crippen molar-refractivity contribution in [3.63, 3.8) is 0 Å². The molecule has 0 saturated heterocycles. The summed E-state index contributed by atoms with van der Waals surface area (Å²) in [5.74, 6) is -0.203. The molecule has 15 heavy (non-hydrogen) atoms. The summed E-state index contributed by atoms with van der Waals surface area (Å²) in [7, 11) is 2.99. The summed E-state index contributed by atoms with van der Waals surface area (Å²) in [6, 6.07) is 3.26. The van der Waals surface area contributed by atoms with Crippen LogP contribution in [-0.2, 0) is 4.84 Å². The SMILES string of the molecule is CC.CON(C)C(=O)c1ccnc(Br)c1. The molecule has 0 aliphatic rings. The van der Waals surface area contributed by atoms with Crippen molar-refractivity contribution >= 4 is 21.8 Å². The number of hydrogen-bond donors (Lipinski definition) is 0. The summed E-state index contributed by atoms with van der Waals surface area (Å²) in [6.45, 7) is 4.00. The van der Waals surface area contributed by atoms with Gasteiger partial charge in [0.2, 0.25) is 0 Å². The Hall–Kier alpha value is -0.940. The lowest BCUT2D eigenvalue weighted by atomic mass is 10.2. The van der Waals surface area contributed by atoms with Crippen LogP contribution in [0.25, 0.3) is 0 Å². The van der Waals surface area contributed by atoms with E-state index in [-0.39, 0.29) is 5.91 Å². The molecule has 5 heteroatoms. The van der Waals surface area contributed by atoms with Crippen LogP contribution in [-0.4, -0.2) is 30.1 Å². The van der Waals surface area contributed by atoms with Crippen molar-refractivity contribution in [2.75, 3.05) is 14.2 Å². The van der Waals surface area contributed by atoms with E-state index in [1.54, 1.807) is 25.4 Å². The van der Waals surface area contributed by atoms with Gasteiger partial charge in [0, 0.05) is 18.8 Å². The number of carbonyl (C=O) groups is 1. The van der Waals surface area contributed by atoms with E-state index in [1.165, 1.54) is 7.11 Å². The molecule has 0 fully saturated rings. The lowest BCUT2D eigenvalue weighted by molar-refractivity contribution is -0.0757. The first-order chi connectivity index (χ1) is 7.15. The molecule has 0 bridgehead atoms. The lowest BCUT2D eigenvalue weighted by Crippen LogP contribution is -2.25. The zero-order chi connectivity index (χ0) is 11.8. The molecule has 4 nitrogen and oxygen atoms in total. The number of rotatable bonds is 2. The van der Waals surface area contributed by atoms with Crippen LogP contribution >= 0.6 is 15.9 Å². The Balaban J connectivity index is 0.000000921. The number of pyridine rings is 1. The quantitative estimate of drug-likeness (QED) is 0.615. The van der Waals surface area contributed by atoms with Gasteiger partial charge in [0.1, 0.15) is 4.60 Å². The van der Waals surface area contributed by atoms with E-state index in [9.17, 15) is 4.79 Å².